The number of nitro benzene ring substituents is 1. The molecule has 0 aliphatic rings. The molecule has 0 aromatic heterocycles. The zero-order chi connectivity index (χ0) is 20.2. The number of nitrogens with one attached hydrogen (secondary N) is 2. The van der Waals surface area contributed by atoms with Crippen molar-refractivity contribution in [1.29, 1.82) is 0 Å². The van der Waals surface area contributed by atoms with Crippen LogP contribution in [0.4, 0.5) is 11.4 Å². The van der Waals surface area contributed by atoms with Crippen LogP contribution in [0.5, 0.6) is 0 Å². The lowest BCUT2D eigenvalue weighted by Gasteiger charge is -2.21. The van der Waals surface area contributed by atoms with Crippen LogP contribution in [-0.4, -0.2) is 25.3 Å². The Balaban J connectivity index is 2.28. The minimum Gasteiger partial charge on any atom is -0.325 e. The van der Waals surface area contributed by atoms with Gasteiger partial charge in [-0.1, -0.05) is 26.0 Å². The van der Waals surface area contributed by atoms with Gasteiger partial charge in [0.25, 0.3) is 5.69 Å². The lowest BCUT2D eigenvalue weighted by atomic mass is 10.0. The number of para-hydroxylation sites is 1. The maximum absolute atomic E-state index is 12.7. The molecule has 0 bridgehead atoms. The molecule has 1 atom stereocenters. The van der Waals surface area contributed by atoms with Crippen LogP contribution in [-0.2, 0) is 14.8 Å². The van der Waals surface area contributed by atoms with Crippen LogP contribution in [0.25, 0.3) is 0 Å². The number of hydrogen-bond donors (Lipinski definition) is 2. The van der Waals surface area contributed by atoms with Crippen molar-refractivity contribution in [3.63, 3.8) is 0 Å². The number of amides is 1. The first-order valence-electron chi connectivity index (χ1n) is 7.94. The molecule has 0 aliphatic carbocycles. The Kier molecular flexibility index (Phi) is 6.89. The average molecular weight is 503 g/mol. The van der Waals surface area contributed by atoms with Gasteiger partial charge in [0.1, 0.15) is 6.04 Å². The molecule has 0 radical (unpaired) electrons. The Morgan fingerprint density at radius 2 is 1.70 bits per heavy atom. The van der Waals surface area contributed by atoms with E-state index in [1.807, 2.05) is 0 Å². The summed E-state index contributed by atoms with van der Waals surface area (Å²) >= 11 is 2.13. The van der Waals surface area contributed by atoms with Crippen molar-refractivity contribution in [2.75, 3.05) is 5.32 Å². The van der Waals surface area contributed by atoms with Crippen molar-refractivity contribution in [3.05, 3.63) is 62.2 Å². The van der Waals surface area contributed by atoms with Crippen molar-refractivity contribution >= 4 is 49.9 Å². The lowest BCUT2D eigenvalue weighted by Crippen LogP contribution is -2.47. The fraction of sp³-hybridized carbons (Fsp3) is 0.235. The quantitative estimate of drug-likeness (QED) is 0.342. The number of anilines is 1. The lowest BCUT2D eigenvalue weighted by molar-refractivity contribution is -0.387. The second-order valence-electron chi connectivity index (χ2n) is 6.06. The Bertz CT molecular complexity index is 945. The van der Waals surface area contributed by atoms with E-state index in [1.54, 1.807) is 38.1 Å². The summed E-state index contributed by atoms with van der Waals surface area (Å²) in [5, 5.41) is 13.8. The number of carbonyl (C=O) groups excluding carboxylic acids is 1. The fourth-order valence-corrected chi connectivity index (χ4v) is 4.19. The van der Waals surface area contributed by atoms with Gasteiger partial charge in [-0.25, -0.2) is 8.42 Å². The van der Waals surface area contributed by atoms with Gasteiger partial charge in [0.15, 0.2) is 4.90 Å². The summed E-state index contributed by atoms with van der Waals surface area (Å²) in [5.41, 5.74) is -0.0264. The SMILES string of the molecule is CC(C)C(NS(=O)(=O)c1ccccc1[N+](=O)[O-])C(=O)Nc1ccc(I)cc1. The van der Waals surface area contributed by atoms with E-state index < -0.39 is 37.5 Å². The maximum Gasteiger partial charge on any atom is 0.289 e. The minimum absolute atomic E-state index is 0.383. The molecule has 0 saturated carbocycles. The summed E-state index contributed by atoms with van der Waals surface area (Å²) in [4.78, 5) is 22.5. The number of halogens is 1. The summed E-state index contributed by atoms with van der Waals surface area (Å²) < 4.78 is 28.6. The molecular weight excluding hydrogens is 485 g/mol. The number of hydrogen-bond acceptors (Lipinski definition) is 5. The highest BCUT2D eigenvalue weighted by Gasteiger charge is 2.32. The van der Waals surface area contributed by atoms with Gasteiger partial charge in [-0.2, -0.15) is 4.72 Å². The number of sulfonamides is 1. The first-order chi connectivity index (χ1) is 12.6. The van der Waals surface area contributed by atoms with Gasteiger partial charge < -0.3 is 5.32 Å². The van der Waals surface area contributed by atoms with Crippen LogP contribution >= 0.6 is 22.6 Å². The third-order valence-electron chi connectivity index (χ3n) is 3.69. The molecule has 2 N–H and O–H groups in total. The zero-order valence-corrected chi connectivity index (χ0v) is 17.5. The third kappa shape index (κ3) is 5.47. The monoisotopic (exact) mass is 503 g/mol. The molecule has 2 rings (SSSR count). The fourth-order valence-electron chi connectivity index (χ4n) is 2.31. The van der Waals surface area contributed by atoms with Gasteiger partial charge in [-0.15, -0.1) is 0 Å². The molecule has 144 valence electrons. The van der Waals surface area contributed by atoms with Gasteiger partial charge in [0, 0.05) is 15.3 Å². The molecule has 0 aliphatic heterocycles. The van der Waals surface area contributed by atoms with Crippen LogP contribution in [0.3, 0.4) is 0 Å². The van der Waals surface area contributed by atoms with E-state index >= 15 is 0 Å². The van der Waals surface area contributed by atoms with Gasteiger partial charge >= 0.3 is 0 Å². The molecule has 10 heteroatoms. The van der Waals surface area contributed by atoms with Crippen LogP contribution in [0, 0.1) is 19.6 Å². The van der Waals surface area contributed by atoms with Gasteiger partial charge in [-0.3, -0.25) is 14.9 Å². The summed E-state index contributed by atoms with van der Waals surface area (Å²) in [7, 11) is -4.28. The second kappa shape index (κ2) is 8.76. The molecule has 0 spiro atoms. The third-order valence-corrected chi connectivity index (χ3v) is 5.90. The van der Waals surface area contributed by atoms with Crippen LogP contribution < -0.4 is 10.0 Å². The first kappa shape index (κ1) is 21.3. The predicted molar refractivity (Wildman–Crippen MR) is 110 cm³/mol. The Hall–Kier alpha value is -2.05. The number of rotatable bonds is 7. The summed E-state index contributed by atoms with van der Waals surface area (Å²) in [5.74, 6) is -0.931. The smallest absolute Gasteiger partial charge is 0.289 e. The normalized spacial score (nSPS) is 12.6. The van der Waals surface area contributed by atoms with Crippen molar-refractivity contribution in [2.45, 2.75) is 24.8 Å². The molecule has 8 nitrogen and oxygen atoms in total. The Labute approximate surface area is 170 Å². The molecule has 1 amide bonds. The molecule has 0 saturated heterocycles. The van der Waals surface area contributed by atoms with Gasteiger partial charge in [0.05, 0.1) is 4.92 Å². The van der Waals surface area contributed by atoms with Gasteiger partial charge in [-0.05, 0) is 58.8 Å². The van der Waals surface area contributed by atoms with Crippen molar-refractivity contribution < 1.29 is 18.1 Å². The molecule has 1 unspecified atom stereocenters. The average Bonchev–Trinajstić information content (AvgIpc) is 2.61. The molecule has 0 heterocycles. The Morgan fingerprint density at radius 1 is 1.11 bits per heavy atom. The van der Waals surface area contributed by atoms with E-state index in [0.717, 1.165) is 15.7 Å². The molecule has 27 heavy (non-hydrogen) atoms. The predicted octanol–water partition coefficient (Wildman–Crippen LogP) is 3.14. The number of nitro groups is 1. The van der Waals surface area contributed by atoms with Gasteiger partial charge in [0.2, 0.25) is 15.9 Å². The maximum atomic E-state index is 12.7. The van der Waals surface area contributed by atoms with E-state index in [9.17, 15) is 23.3 Å². The number of benzene rings is 2. The molecule has 0 fully saturated rings. The van der Waals surface area contributed by atoms with Crippen LogP contribution in [0.1, 0.15) is 13.8 Å². The van der Waals surface area contributed by atoms with Crippen molar-refractivity contribution in [2.24, 2.45) is 5.92 Å². The van der Waals surface area contributed by atoms with Crippen LogP contribution in [0.2, 0.25) is 0 Å². The highest BCUT2D eigenvalue weighted by molar-refractivity contribution is 14.1. The Morgan fingerprint density at radius 3 is 2.26 bits per heavy atom. The highest BCUT2D eigenvalue weighted by atomic mass is 127. The first-order valence-corrected chi connectivity index (χ1v) is 10.5. The second-order valence-corrected chi connectivity index (χ2v) is 8.99. The van der Waals surface area contributed by atoms with E-state index in [2.05, 4.69) is 32.6 Å². The van der Waals surface area contributed by atoms with E-state index in [1.165, 1.54) is 12.1 Å². The summed E-state index contributed by atoms with van der Waals surface area (Å²) in [6.45, 7) is 3.36. The van der Waals surface area contributed by atoms with E-state index in [-0.39, 0.29) is 5.92 Å². The molecular formula is C17H18IN3O5S. The topological polar surface area (TPSA) is 118 Å². The van der Waals surface area contributed by atoms with Crippen molar-refractivity contribution in [1.82, 2.24) is 4.72 Å². The number of carbonyl (C=O) groups is 1. The highest BCUT2D eigenvalue weighted by Crippen LogP contribution is 2.24. The largest absolute Gasteiger partial charge is 0.325 e. The number of nitrogens with zero attached hydrogens (tertiary/aromatic N) is 1. The molecule has 2 aromatic carbocycles. The summed E-state index contributed by atoms with van der Waals surface area (Å²) in [6, 6.07) is 10.9. The standard InChI is InChI=1S/C17H18IN3O5S/c1-11(2)16(17(22)19-13-9-7-12(18)8-10-13)20-27(25,26)15-6-4-3-5-14(15)21(23)24/h3-11,16,20H,1-2H3,(H,19,22). The van der Waals surface area contributed by atoms with E-state index in [0.29, 0.717) is 5.69 Å². The van der Waals surface area contributed by atoms with E-state index in [4.69, 9.17) is 0 Å². The van der Waals surface area contributed by atoms with Crippen LogP contribution in [0.15, 0.2) is 53.4 Å². The zero-order valence-electron chi connectivity index (χ0n) is 14.5. The minimum atomic E-state index is -4.28. The van der Waals surface area contributed by atoms with Crippen molar-refractivity contribution in [3.8, 4) is 0 Å². The molecule has 2 aromatic rings. The summed E-state index contributed by atoms with van der Waals surface area (Å²) in [6.07, 6.45) is 0.